The zero-order valence-electron chi connectivity index (χ0n) is 28.7. The minimum Gasteiger partial charge on any atom is -0.488 e. The first kappa shape index (κ1) is 37.4. The van der Waals surface area contributed by atoms with Crippen LogP contribution in [-0.4, -0.2) is 81.4 Å². The second kappa shape index (κ2) is 13.7. The van der Waals surface area contributed by atoms with Gasteiger partial charge in [0.1, 0.15) is 23.4 Å². The van der Waals surface area contributed by atoms with Crippen LogP contribution in [0.1, 0.15) is 79.6 Å². The number of alkyl halides is 3. The molecule has 50 heavy (non-hydrogen) atoms. The number of para-hydroxylation sites is 1. The molecule has 274 valence electrons. The fraction of sp³-hybridized carbons (Fsp3) is 0.629. The van der Waals surface area contributed by atoms with E-state index in [4.69, 9.17) is 25.8 Å². The van der Waals surface area contributed by atoms with Gasteiger partial charge in [-0.1, -0.05) is 51.8 Å². The number of ether oxygens (including phenoxy) is 3. The van der Waals surface area contributed by atoms with Gasteiger partial charge in [0.2, 0.25) is 23.3 Å². The van der Waals surface area contributed by atoms with Gasteiger partial charge in [-0.3, -0.25) is 14.4 Å². The van der Waals surface area contributed by atoms with Gasteiger partial charge in [-0.05, 0) is 56.1 Å². The van der Waals surface area contributed by atoms with Gasteiger partial charge >= 0.3 is 18.1 Å². The molecule has 2 N–H and O–H groups in total. The number of carboxylic acids is 1. The molecule has 3 fully saturated rings. The van der Waals surface area contributed by atoms with E-state index in [2.05, 4.69) is 10.3 Å². The van der Waals surface area contributed by atoms with Crippen LogP contribution in [0.3, 0.4) is 0 Å². The lowest BCUT2D eigenvalue weighted by molar-refractivity contribution is -0.294. The van der Waals surface area contributed by atoms with Crippen molar-refractivity contribution in [3.8, 4) is 11.6 Å². The third-order valence-electron chi connectivity index (χ3n) is 10.2. The van der Waals surface area contributed by atoms with Gasteiger partial charge in [-0.25, -0.2) is 9.78 Å². The van der Waals surface area contributed by atoms with Crippen molar-refractivity contribution in [1.29, 1.82) is 0 Å². The highest BCUT2D eigenvalue weighted by Crippen LogP contribution is 2.49. The standard InChI is InChI=1S/C35H43ClF3N3O8/c1-6-19-17-34(19,31(46)47)41-29(44)24-14-20(49-25-16-26(48-7-2)40-28-21(25)10-8-11-23(28)36)18-42(24)30(45)22(32(3,4)5)15-27(43)50-33(12-9-13-33)35(37,38)39/h8,10-11,16,19-20,22,24H,6-7,9,12-15,17-18H2,1-5H3,(H,41,44)(H,46,47)/t19-,20-,22-,24+,34-/m1/s1. The van der Waals surface area contributed by atoms with Crippen LogP contribution in [-0.2, 0) is 23.9 Å². The second-order valence-corrected chi connectivity index (χ2v) is 14.9. The van der Waals surface area contributed by atoms with E-state index in [0.29, 0.717) is 34.7 Å². The Morgan fingerprint density at radius 3 is 2.40 bits per heavy atom. The molecule has 2 aliphatic carbocycles. The van der Waals surface area contributed by atoms with Gasteiger partial charge in [-0.15, -0.1) is 0 Å². The molecule has 2 saturated carbocycles. The summed E-state index contributed by atoms with van der Waals surface area (Å²) >= 11 is 6.43. The van der Waals surface area contributed by atoms with Gasteiger partial charge in [0.15, 0.2) is 0 Å². The van der Waals surface area contributed by atoms with Crippen molar-refractivity contribution in [1.82, 2.24) is 15.2 Å². The summed E-state index contributed by atoms with van der Waals surface area (Å²) in [5, 5.41) is 13.6. The van der Waals surface area contributed by atoms with E-state index in [1.54, 1.807) is 52.0 Å². The molecule has 2 aromatic rings. The summed E-state index contributed by atoms with van der Waals surface area (Å²) < 4.78 is 58.5. The van der Waals surface area contributed by atoms with E-state index in [9.17, 15) is 37.5 Å². The van der Waals surface area contributed by atoms with Crippen LogP contribution >= 0.6 is 11.6 Å². The Morgan fingerprint density at radius 2 is 1.86 bits per heavy atom. The highest BCUT2D eigenvalue weighted by molar-refractivity contribution is 6.35. The fourth-order valence-electron chi connectivity index (χ4n) is 6.96. The Morgan fingerprint density at radius 1 is 1.16 bits per heavy atom. The molecular weight excluding hydrogens is 683 g/mol. The average molecular weight is 726 g/mol. The molecule has 0 bridgehead atoms. The normalized spacial score (nSPS) is 25.0. The number of esters is 1. The molecule has 2 amide bonds. The molecule has 3 aliphatic rings. The van der Waals surface area contributed by atoms with Crippen LogP contribution in [0.15, 0.2) is 24.3 Å². The van der Waals surface area contributed by atoms with Gasteiger partial charge in [0.05, 0.1) is 36.0 Å². The van der Waals surface area contributed by atoms with Crippen LogP contribution in [0, 0.1) is 17.3 Å². The smallest absolute Gasteiger partial charge is 0.428 e. The van der Waals surface area contributed by atoms with Gasteiger partial charge in [-0.2, -0.15) is 13.2 Å². The largest absolute Gasteiger partial charge is 0.488 e. The minimum atomic E-state index is -4.76. The molecule has 2 heterocycles. The maximum absolute atomic E-state index is 14.4. The molecule has 15 heteroatoms. The molecule has 0 spiro atoms. The van der Waals surface area contributed by atoms with Gasteiger partial charge < -0.3 is 29.5 Å². The molecule has 5 atom stereocenters. The van der Waals surface area contributed by atoms with Crippen molar-refractivity contribution in [2.24, 2.45) is 17.3 Å². The van der Waals surface area contributed by atoms with Crippen molar-refractivity contribution in [3.63, 3.8) is 0 Å². The molecule has 0 unspecified atom stereocenters. The Balaban J connectivity index is 1.45. The first-order valence-electron chi connectivity index (χ1n) is 16.9. The fourth-order valence-corrected chi connectivity index (χ4v) is 7.18. The van der Waals surface area contributed by atoms with Crippen LogP contribution < -0.4 is 14.8 Å². The van der Waals surface area contributed by atoms with Crippen LogP contribution in [0.2, 0.25) is 5.02 Å². The lowest BCUT2D eigenvalue weighted by Gasteiger charge is -2.42. The number of carboxylic acid groups (broad SMARTS) is 1. The number of hydrogen-bond acceptors (Lipinski definition) is 8. The summed E-state index contributed by atoms with van der Waals surface area (Å²) in [7, 11) is 0. The SMILES string of the molecule is CCOc1cc(O[C@@H]2C[C@@H](C(=O)N[C@]3(C(=O)O)C[C@H]3CC)N(C(=O)[C@@H](CC(=O)OC3(C(F)(F)F)CCC3)C(C)(C)C)C2)c2cccc(Cl)c2n1. The number of carbonyl (C=O) groups excluding carboxylic acids is 3. The quantitative estimate of drug-likeness (QED) is 0.249. The highest BCUT2D eigenvalue weighted by Gasteiger charge is 2.63. The Bertz CT molecular complexity index is 1660. The van der Waals surface area contributed by atoms with E-state index in [1.165, 1.54) is 4.90 Å². The third-order valence-corrected chi connectivity index (χ3v) is 10.5. The number of likely N-dealkylation sites (tertiary alicyclic amines) is 1. The van der Waals surface area contributed by atoms with Crippen LogP contribution in [0.4, 0.5) is 13.2 Å². The molecule has 1 aromatic carbocycles. The van der Waals surface area contributed by atoms with Crippen molar-refractivity contribution >= 4 is 46.3 Å². The molecule has 5 rings (SSSR count). The van der Waals surface area contributed by atoms with Crippen molar-refractivity contribution in [2.75, 3.05) is 13.2 Å². The molecular formula is C35H43ClF3N3O8. The number of aliphatic carboxylic acids is 1. The molecule has 1 aliphatic heterocycles. The topological polar surface area (TPSA) is 144 Å². The van der Waals surface area contributed by atoms with E-state index in [-0.39, 0.29) is 50.4 Å². The van der Waals surface area contributed by atoms with Crippen LogP contribution in [0.25, 0.3) is 10.9 Å². The zero-order chi connectivity index (χ0) is 36.8. The monoisotopic (exact) mass is 725 g/mol. The number of pyridine rings is 1. The summed E-state index contributed by atoms with van der Waals surface area (Å²) in [6.07, 6.45) is -5.97. The van der Waals surface area contributed by atoms with Crippen molar-refractivity contribution < 1.29 is 51.7 Å². The number of nitrogens with one attached hydrogen (secondary N) is 1. The van der Waals surface area contributed by atoms with Crippen molar-refractivity contribution in [2.45, 2.75) is 109 Å². The number of hydrogen-bond donors (Lipinski definition) is 2. The predicted molar refractivity (Wildman–Crippen MR) is 176 cm³/mol. The Labute approximate surface area is 293 Å². The van der Waals surface area contributed by atoms with E-state index >= 15 is 0 Å². The van der Waals surface area contributed by atoms with Crippen LogP contribution in [0.5, 0.6) is 11.6 Å². The number of rotatable bonds is 12. The first-order chi connectivity index (χ1) is 23.4. The summed E-state index contributed by atoms with van der Waals surface area (Å²) in [4.78, 5) is 59.4. The number of halogens is 4. The second-order valence-electron chi connectivity index (χ2n) is 14.5. The predicted octanol–water partition coefficient (Wildman–Crippen LogP) is 6.09. The number of fused-ring (bicyclic) bond motifs is 1. The summed E-state index contributed by atoms with van der Waals surface area (Å²) in [6.45, 7) is 8.77. The highest BCUT2D eigenvalue weighted by atomic mass is 35.5. The molecule has 1 aromatic heterocycles. The van der Waals surface area contributed by atoms with E-state index < -0.39 is 71.0 Å². The van der Waals surface area contributed by atoms with E-state index in [1.807, 2.05) is 6.92 Å². The lowest BCUT2D eigenvalue weighted by atomic mass is 9.77. The van der Waals surface area contributed by atoms with E-state index in [0.717, 1.165) is 0 Å². The minimum absolute atomic E-state index is 0.0447. The third kappa shape index (κ3) is 7.17. The number of carbonyl (C=O) groups is 4. The lowest BCUT2D eigenvalue weighted by Crippen LogP contribution is -2.55. The Hall–Kier alpha value is -3.81. The van der Waals surface area contributed by atoms with Gasteiger partial charge in [0, 0.05) is 17.9 Å². The molecule has 0 radical (unpaired) electrons. The Kier molecular flexibility index (Phi) is 10.3. The first-order valence-corrected chi connectivity index (χ1v) is 17.3. The molecule has 1 saturated heterocycles. The van der Waals surface area contributed by atoms with Gasteiger partial charge in [0.25, 0.3) is 0 Å². The summed E-state index contributed by atoms with van der Waals surface area (Å²) in [5.74, 6) is -4.64. The number of aromatic nitrogens is 1. The maximum atomic E-state index is 14.4. The maximum Gasteiger partial charge on any atom is 0.428 e. The summed E-state index contributed by atoms with van der Waals surface area (Å²) in [6, 6.07) is 5.48. The molecule has 11 nitrogen and oxygen atoms in total. The zero-order valence-corrected chi connectivity index (χ0v) is 29.4. The van der Waals surface area contributed by atoms with Crippen molar-refractivity contribution in [3.05, 3.63) is 29.3 Å². The number of benzene rings is 1. The number of amides is 2. The number of nitrogens with zero attached hydrogens (tertiary/aromatic N) is 2. The summed E-state index contributed by atoms with van der Waals surface area (Å²) in [5.41, 5.74) is -4.59. The average Bonchev–Trinajstić information content (AvgIpc) is 3.56.